The molecule has 0 saturated heterocycles. The minimum absolute atomic E-state index is 0.106. The van der Waals surface area contributed by atoms with Crippen molar-refractivity contribution in [2.24, 2.45) is 0 Å². The minimum Gasteiger partial charge on any atom is -0.349 e. The number of nitrogens with one attached hydrogen (secondary N) is 1. The number of carbonyl (C=O) groups is 1. The van der Waals surface area contributed by atoms with Gasteiger partial charge in [-0.3, -0.25) is 4.79 Å². The Bertz CT molecular complexity index is 1060. The van der Waals surface area contributed by atoms with Gasteiger partial charge in [0.25, 0.3) is 0 Å². The second-order valence-electron chi connectivity index (χ2n) is 6.05. The van der Waals surface area contributed by atoms with Crippen molar-refractivity contribution in [2.75, 3.05) is 11.6 Å². The van der Waals surface area contributed by atoms with Crippen molar-refractivity contribution >= 4 is 64.1 Å². The maximum Gasteiger partial charge on any atom is 0.230 e. The van der Waals surface area contributed by atoms with E-state index in [4.69, 9.17) is 52.2 Å². The highest BCUT2D eigenvalue weighted by Crippen LogP contribution is 2.30. The molecule has 0 bridgehead atoms. The highest BCUT2D eigenvalue weighted by molar-refractivity contribution is 7.99. The largest absolute Gasteiger partial charge is 0.349 e. The van der Waals surface area contributed by atoms with Crippen molar-refractivity contribution in [3.8, 4) is 11.4 Å². The van der Waals surface area contributed by atoms with E-state index in [1.807, 2.05) is 13.0 Å². The normalized spacial score (nSPS) is 12.0. The topological polar surface area (TPSA) is 85.8 Å². The van der Waals surface area contributed by atoms with Crippen LogP contribution in [0.3, 0.4) is 0 Å². The van der Waals surface area contributed by atoms with Gasteiger partial charge in [0.1, 0.15) is 0 Å². The van der Waals surface area contributed by atoms with Crippen molar-refractivity contribution in [1.82, 2.24) is 20.2 Å². The van der Waals surface area contributed by atoms with Gasteiger partial charge in [-0.15, -0.1) is 10.2 Å². The number of thioether (sulfide) groups is 1. The van der Waals surface area contributed by atoms with Crippen LogP contribution >= 0.6 is 58.2 Å². The molecule has 0 spiro atoms. The summed E-state index contributed by atoms with van der Waals surface area (Å²) in [6.07, 6.45) is 0. The Labute approximate surface area is 191 Å². The lowest BCUT2D eigenvalue weighted by Crippen LogP contribution is -2.28. The van der Waals surface area contributed by atoms with E-state index in [9.17, 15) is 4.79 Å². The second-order valence-corrected chi connectivity index (χ2v) is 8.65. The SMILES string of the molecule is CC(NC(=O)CSc1nnc(-c2ccc(Cl)cc2Cl)n1N)c1ccc(Cl)c(Cl)c1. The van der Waals surface area contributed by atoms with E-state index in [-0.39, 0.29) is 17.7 Å². The maximum absolute atomic E-state index is 12.3. The first-order chi connectivity index (χ1) is 13.8. The molecule has 3 N–H and O–H groups in total. The van der Waals surface area contributed by atoms with Crippen molar-refractivity contribution in [1.29, 1.82) is 0 Å². The average molecular weight is 491 g/mol. The Morgan fingerprint density at radius 2 is 1.86 bits per heavy atom. The average Bonchev–Trinajstić information content (AvgIpc) is 3.02. The summed E-state index contributed by atoms with van der Waals surface area (Å²) in [6.45, 7) is 1.86. The van der Waals surface area contributed by atoms with Gasteiger partial charge in [-0.1, -0.05) is 64.2 Å². The molecule has 11 heteroatoms. The summed E-state index contributed by atoms with van der Waals surface area (Å²) in [5, 5.41) is 13.2. The van der Waals surface area contributed by atoms with Gasteiger partial charge in [-0.25, -0.2) is 4.68 Å². The van der Waals surface area contributed by atoms with E-state index in [1.165, 1.54) is 4.68 Å². The van der Waals surface area contributed by atoms with Gasteiger partial charge in [-0.2, -0.15) is 0 Å². The first-order valence-electron chi connectivity index (χ1n) is 8.29. The summed E-state index contributed by atoms with van der Waals surface area (Å²) in [4.78, 5) is 12.3. The lowest BCUT2D eigenvalue weighted by Gasteiger charge is -2.14. The van der Waals surface area contributed by atoms with E-state index in [1.54, 1.807) is 30.3 Å². The zero-order valence-corrected chi connectivity index (χ0v) is 18.8. The van der Waals surface area contributed by atoms with Crippen LogP contribution < -0.4 is 11.2 Å². The molecule has 1 aromatic heterocycles. The molecule has 3 rings (SSSR count). The van der Waals surface area contributed by atoms with Crippen molar-refractivity contribution in [2.45, 2.75) is 18.1 Å². The molecule has 1 atom stereocenters. The van der Waals surface area contributed by atoms with Crippen LogP contribution in [0.4, 0.5) is 0 Å². The van der Waals surface area contributed by atoms with Gasteiger partial charge < -0.3 is 11.2 Å². The highest BCUT2D eigenvalue weighted by atomic mass is 35.5. The molecule has 152 valence electrons. The van der Waals surface area contributed by atoms with Crippen LogP contribution in [0.5, 0.6) is 0 Å². The molecular formula is C18H15Cl4N5OS. The van der Waals surface area contributed by atoms with E-state index in [0.717, 1.165) is 17.3 Å². The number of nitrogen functional groups attached to an aromatic ring is 1. The van der Waals surface area contributed by atoms with Crippen molar-refractivity contribution < 1.29 is 4.79 Å². The number of amides is 1. The third-order valence-corrected chi connectivity index (χ3v) is 6.22. The Morgan fingerprint density at radius 1 is 1.10 bits per heavy atom. The third-order valence-electron chi connectivity index (χ3n) is 3.99. The summed E-state index contributed by atoms with van der Waals surface area (Å²) in [6, 6.07) is 9.97. The first-order valence-corrected chi connectivity index (χ1v) is 10.8. The zero-order chi connectivity index (χ0) is 21.1. The summed E-state index contributed by atoms with van der Waals surface area (Å²) >= 11 is 25.2. The Hall–Kier alpha value is -1.64. The fourth-order valence-electron chi connectivity index (χ4n) is 2.51. The molecule has 0 radical (unpaired) electrons. The van der Waals surface area contributed by atoms with Gasteiger partial charge in [0.05, 0.1) is 26.9 Å². The second kappa shape index (κ2) is 9.45. The molecule has 0 aliphatic heterocycles. The molecule has 2 aromatic carbocycles. The molecule has 29 heavy (non-hydrogen) atoms. The van der Waals surface area contributed by atoms with Gasteiger partial charge >= 0.3 is 0 Å². The lowest BCUT2D eigenvalue weighted by molar-refractivity contribution is -0.119. The maximum atomic E-state index is 12.3. The molecule has 0 fully saturated rings. The van der Waals surface area contributed by atoms with E-state index in [0.29, 0.717) is 36.6 Å². The number of nitrogens with zero attached hydrogens (tertiary/aromatic N) is 3. The summed E-state index contributed by atoms with van der Waals surface area (Å²) < 4.78 is 1.29. The summed E-state index contributed by atoms with van der Waals surface area (Å²) in [7, 11) is 0. The number of aromatic nitrogens is 3. The predicted molar refractivity (Wildman–Crippen MR) is 119 cm³/mol. The molecule has 0 saturated carbocycles. The molecule has 0 aliphatic rings. The fourth-order valence-corrected chi connectivity index (χ4v) is 3.98. The number of carbonyl (C=O) groups excluding carboxylic acids is 1. The van der Waals surface area contributed by atoms with Crippen molar-refractivity contribution in [3.63, 3.8) is 0 Å². The Morgan fingerprint density at radius 3 is 2.55 bits per heavy atom. The highest BCUT2D eigenvalue weighted by Gasteiger charge is 2.17. The summed E-state index contributed by atoms with van der Waals surface area (Å²) in [5.41, 5.74) is 1.44. The quantitative estimate of drug-likeness (QED) is 0.364. The van der Waals surface area contributed by atoms with Gasteiger partial charge in [0.15, 0.2) is 5.82 Å². The predicted octanol–water partition coefficient (Wildman–Crippen LogP) is 5.24. The molecule has 0 aliphatic carbocycles. The number of hydrogen-bond donors (Lipinski definition) is 2. The van der Waals surface area contributed by atoms with Crippen LogP contribution in [0.15, 0.2) is 41.6 Å². The minimum atomic E-state index is -0.239. The Kier molecular flexibility index (Phi) is 7.19. The number of hydrogen-bond acceptors (Lipinski definition) is 5. The van der Waals surface area contributed by atoms with Gasteiger partial charge in [0.2, 0.25) is 11.1 Å². The van der Waals surface area contributed by atoms with E-state index in [2.05, 4.69) is 15.5 Å². The number of rotatable bonds is 6. The molecule has 1 unspecified atom stereocenters. The van der Waals surface area contributed by atoms with Crippen LogP contribution in [0.25, 0.3) is 11.4 Å². The third kappa shape index (κ3) is 5.29. The summed E-state index contributed by atoms with van der Waals surface area (Å²) in [5.74, 6) is 6.36. The van der Waals surface area contributed by atoms with Crippen LogP contribution in [0.2, 0.25) is 20.1 Å². The lowest BCUT2D eigenvalue weighted by atomic mass is 10.1. The van der Waals surface area contributed by atoms with Crippen molar-refractivity contribution in [3.05, 3.63) is 62.1 Å². The van der Waals surface area contributed by atoms with E-state index < -0.39 is 0 Å². The van der Waals surface area contributed by atoms with E-state index >= 15 is 0 Å². The Balaban J connectivity index is 1.63. The molecule has 1 heterocycles. The number of halogens is 4. The standard InChI is InChI=1S/C18H15Cl4N5OS/c1-9(10-2-5-13(20)15(22)6-10)24-16(28)8-29-18-26-25-17(27(18)23)12-4-3-11(19)7-14(12)21/h2-7,9H,8,23H2,1H3,(H,24,28). The number of nitrogens with two attached hydrogens (primary N) is 1. The number of benzene rings is 2. The molecule has 3 aromatic rings. The zero-order valence-electron chi connectivity index (χ0n) is 15.0. The monoisotopic (exact) mass is 489 g/mol. The van der Waals surface area contributed by atoms with Crippen LogP contribution in [-0.4, -0.2) is 26.5 Å². The van der Waals surface area contributed by atoms with Crippen LogP contribution in [0.1, 0.15) is 18.5 Å². The first kappa shape index (κ1) is 22.1. The smallest absolute Gasteiger partial charge is 0.230 e. The van der Waals surface area contributed by atoms with Crippen LogP contribution in [0, 0.1) is 0 Å². The van der Waals surface area contributed by atoms with Gasteiger partial charge in [0, 0.05) is 10.6 Å². The van der Waals surface area contributed by atoms with Gasteiger partial charge in [-0.05, 0) is 42.8 Å². The fraction of sp³-hybridized carbons (Fsp3) is 0.167. The molecular weight excluding hydrogens is 476 g/mol. The molecule has 6 nitrogen and oxygen atoms in total. The molecule has 1 amide bonds. The van der Waals surface area contributed by atoms with Crippen LogP contribution in [-0.2, 0) is 4.79 Å².